The van der Waals surface area contributed by atoms with Crippen molar-refractivity contribution < 1.29 is 0 Å². The Morgan fingerprint density at radius 1 is 0.375 bits per heavy atom. The highest BCUT2D eigenvalue weighted by Crippen LogP contribution is 2.33. The summed E-state index contributed by atoms with van der Waals surface area (Å²) in [5, 5.41) is 18.9. The number of aryl methyl sites for hydroxylation is 2. The van der Waals surface area contributed by atoms with Crippen LogP contribution in [0.4, 0.5) is 23.0 Å². The molecule has 0 saturated heterocycles. The van der Waals surface area contributed by atoms with Crippen LogP contribution in [0.15, 0.2) is 192 Å². The highest BCUT2D eigenvalue weighted by molar-refractivity contribution is 6.10. The van der Waals surface area contributed by atoms with Gasteiger partial charge in [-0.25, -0.2) is 10.0 Å². The molecule has 0 spiro atoms. The van der Waals surface area contributed by atoms with Crippen LogP contribution in [0.25, 0.3) is 43.6 Å². The summed E-state index contributed by atoms with van der Waals surface area (Å²) in [6, 6.07) is 59.8. The third-order valence-corrected chi connectivity index (χ3v) is 12.4. The van der Waals surface area contributed by atoms with Crippen LogP contribution in [-0.4, -0.2) is 31.5 Å². The molecular formula is C56H54N8. The van der Waals surface area contributed by atoms with Crippen molar-refractivity contribution in [1.29, 1.82) is 0 Å². The summed E-state index contributed by atoms with van der Waals surface area (Å²) >= 11 is 0. The zero-order valence-corrected chi connectivity index (χ0v) is 36.2. The lowest BCUT2D eigenvalue weighted by Crippen LogP contribution is -2.09. The van der Waals surface area contributed by atoms with Crippen LogP contribution in [0.5, 0.6) is 0 Å². The van der Waals surface area contributed by atoms with Gasteiger partial charge in [-0.05, 0) is 109 Å². The number of hydrogen-bond acceptors (Lipinski definition) is 4. The molecule has 0 bridgehead atoms. The summed E-state index contributed by atoms with van der Waals surface area (Å²) in [4.78, 5) is 6.60. The van der Waals surface area contributed by atoms with Gasteiger partial charge >= 0.3 is 0 Å². The number of aromatic nitrogens is 4. The predicted molar refractivity (Wildman–Crippen MR) is 270 cm³/mol. The number of nitrogens with one attached hydrogen (secondary N) is 2. The molecule has 4 aromatic heterocycles. The molecule has 10 rings (SSSR count). The minimum absolute atomic E-state index is 0.925. The summed E-state index contributed by atoms with van der Waals surface area (Å²) in [6.07, 6.45) is 17.8. The number of hydrazone groups is 2. The first kappa shape index (κ1) is 40.5. The molecule has 0 saturated carbocycles. The Morgan fingerprint density at radius 2 is 0.766 bits per heavy atom. The highest BCUT2D eigenvalue weighted by atomic mass is 15.5. The smallest absolute Gasteiger partial charge is 0.132 e. The van der Waals surface area contributed by atoms with E-state index in [-0.39, 0.29) is 0 Å². The van der Waals surface area contributed by atoms with Crippen molar-refractivity contribution >= 4 is 79.1 Å². The lowest BCUT2D eigenvalue weighted by molar-refractivity contribution is 0.536. The molecule has 10 aromatic rings. The van der Waals surface area contributed by atoms with Gasteiger partial charge in [-0.2, -0.15) is 10.2 Å². The molecule has 6 aromatic carbocycles. The lowest BCUT2D eigenvalue weighted by Gasteiger charge is -2.17. The second-order valence-electron chi connectivity index (χ2n) is 16.6. The largest absolute Gasteiger partial charge is 0.347 e. The molecule has 2 N–H and O–H groups in total. The molecule has 64 heavy (non-hydrogen) atoms. The normalized spacial score (nSPS) is 11.9. The van der Waals surface area contributed by atoms with Crippen LogP contribution in [0, 0.1) is 0 Å². The number of aromatic amines is 2. The zero-order valence-electron chi connectivity index (χ0n) is 36.2. The maximum atomic E-state index is 4.92. The van der Waals surface area contributed by atoms with Gasteiger partial charge < -0.3 is 19.1 Å². The fourth-order valence-corrected chi connectivity index (χ4v) is 9.21. The molecule has 0 aliphatic rings. The Hall–Kier alpha value is -7.58. The van der Waals surface area contributed by atoms with Crippen LogP contribution in [0.3, 0.4) is 0 Å². The summed E-state index contributed by atoms with van der Waals surface area (Å²) in [7, 11) is 0. The Morgan fingerprint density at radius 3 is 1.19 bits per heavy atom. The number of unbranched alkanes of at least 4 members (excludes halogenated alkanes) is 7. The second kappa shape index (κ2) is 19.2. The van der Waals surface area contributed by atoms with E-state index in [4.69, 9.17) is 10.2 Å². The van der Waals surface area contributed by atoms with E-state index in [0.29, 0.717) is 0 Å². The number of nitrogens with zero attached hydrogens (tertiary/aromatic N) is 6. The third-order valence-electron chi connectivity index (χ3n) is 12.4. The van der Waals surface area contributed by atoms with Gasteiger partial charge in [-0.1, -0.05) is 123 Å². The number of anilines is 4. The zero-order chi connectivity index (χ0) is 42.9. The maximum absolute atomic E-state index is 4.92. The maximum Gasteiger partial charge on any atom is 0.132 e. The monoisotopic (exact) mass is 838 g/mol. The Bertz CT molecular complexity index is 2910. The summed E-state index contributed by atoms with van der Waals surface area (Å²) in [5.41, 5.74) is 9.36. The summed E-state index contributed by atoms with van der Waals surface area (Å²) in [6.45, 7) is 2.05. The van der Waals surface area contributed by atoms with Gasteiger partial charge in [0, 0.05) is 69.1 Å². The number of benzene rings is 6. The van der Waals surface area contributed by atoms with Crippen molar-refractivity contribution in [3.63, 3.8) is 0 Å². The summed E-state index contributed by atoms with van der Waals surface area (Å²) in [5.74, 6) is 1.85. The van der Waals surface area contributed by atoms with Gasteiger partial charge in [-0.3, -0.25) is 0 Å². The highest BCUT2D eigenvalue weighted by Gasteiger charge is 2.14. The Labute approximate surface area is 374 Å². The molecule has 8 nitrogen and oxygen atoms in total. The number of hydrogen-bond donors (Lipinski definition) is 2. The molecule has 0 unspecified atom stereocenters. The van der Waals surface area contributed by atoms with Gasteiger partial charge in [0.05, 0.1) is 23.8 Å². The molecule has 318 valence electrons. The number of rotatable bonds is 19. The van der Waals surface area contributed by atoms with Gasteiger partial charge in [-0.15, -0.1) is 0 Å². The van der Waals surface area contributed by atoms with Crippen molar-refractivity contribution in [2.24, 2.45) is 10.2 Å². The fourth-order valence-electron chi connectivity index (χ4n) is 9.21. The van der Waals surface area contributed by atoms with E-state index in [1.54, 1.807) is 0 Å². The third kappa shape index (κ3) is 8.72. The van der Waals surface area contributed by atoms with E-state index >= 15 is 0 Å². The van der Waals surface area contributed by atoms with Crippen molar-refractivity contribution in [2.75, 3.05) is 10.0 Å². The van der Waals surface area contributed by atoms with Crippen molar-refractivity contribution in [3.05, 3.63) is 193 Å². The molecule has 4 heterocycles. The molecular weight excluding hydrogens is 785 g/mol. The number of H-pyrrole nitrogens is 2. The van der Waals surface area contributed by atoms with Crippen LogP contribution in [-0.2, 0) is 13.1 Å². The van der Waals surface area contributed by atoms with E-state index in [1.165, 1.54) is 95.0 Å². The van der Waals surface area contributed by atoms with E-state index < -0.39 is 0 Å². The first-order valence-electron chi connectivity index (χ1n) is 22.9. The van der Waals surface area contributed by atoms with Crippen molar-refractivity contribution in [1.82, 2.24) is 19.1 Å². The standard InChI is InChI=1S/C56H54N8/c1(3-5-17-37-61-51-27-15-13-25-47(51)49-39-43(31-33-53(49)61)41-59-63(55-29-19-35-57-55)45-21-9-7-10-22-45)2-4-6-18-38-62-52-28-16-14-26-48(52)50-40-44(32-34-54(50)62)42-60-64(56-30-20-36-58-56)46-23-11-8-12-24-46/h7-16,19-36,39-42,57-58H,1-6,17-18,37-38H2. The first-order valence-corrected chi connectivity index (χ1v) is 22.9. The minimum atomic E-state index is 0.925. The van der Waals surface area contributed by atoms with Crippen LogP contribution in [0.2, 0.25) is 0 Å². The molecule has 0 aliphatic heterocycles. The molecule has 8 heteroatoms. The second-order valence-corrected chi connectivity index (χ2v) is 16.6. The molecule has 0 amide bonds. The predicted octanol–water partition coefficient (Wildman–Crippen LogP) is 14.7. The molecule has 0 atom stereocenters. The number of fused-ring (bicyclic) bond motifs is 6. The average Bonchev–Trinajstić information content (AvgIpc) is 4.18. The Balaban J connectivity index is 0.719. The molecule has 0 fully saturated rings. The lowest BCUT2D eigenvalue weighted by atomic mass is 10.1. The molecule has 0 aliphatic carbocycles. The van der Waals surface area contributed by atoms with E-state index in [1.807, 2.05) is 95.5 Å². The summed E-state index contributed by atoms with van der Waals surface area (Å²) < 4.78 is 5.04. The van der Waals surface area contributed by atoms with E-state index in [9.17, 15) is 0 Å². The van der Waals surface area contributed by atoms with Crippen molar-refractivity contribution in [2.45, 2.75) is 64.5 Å². The van der Waals surface area contributed by atoms with Gasteiger partial charge in [0.1, 0.15) is 11.6 Å². The quantitative estimate of drug-likeness (QED) is 0.0484. The topological polar surface area (TPSA) is 72.6 Å². The van der Waals surface area contributed by atoms with E-state index in [0.717, 1.165) is 47.2 Å². The van der Waals surface area contributed by atoms with Crippen LogP contribution in [0.1, 0.15) is 62.5 Å². The number of para-hydroxylation sites is 4. The van der Waals surface area contributed by atoms with Crippen LogP contribution >= 0.6 is 0 Å². The SMILES string of the molecule is C(=NN(c1ccccc1)c1ccc[nH]1)c1ccc2c(c1)c1ccccc1n2CCCCCCCCCCn1c2ccccc2c2cc(C=NN(c3ccccc3)c3ccc[nH]3)ccc21. The van der Waals surface area contributed by atoms with Gasteiger partial charge in [0.25, 0.3) is 0 Å². The van der Waals surface area contributed by atoms with Gasteiger partial charge in [0.15, 0.2) is 0 Å². The minimum Gasteiger partial charge on any atom is -0.347 e. The fraction of sp³-hybridized carbons (Fsp3) is 0.179. The first-order chi connectivity index (χ1) is 31.8. The van der Waals surface area contributed by atoms with Crippen LogP contribution < -0.4 is 10.0 Å². The molecule has 0 radical (unpaired) electrons. The van der Waals surface area contributed by atoms with Crippen molar-refractivity contribution in [3.8, 4) is 0 Å². The average molecular weight is 839 g/mol. The van der Waals surface area contributed by atoms with E-state index in [2.05, 4.69) is 128 Å². The van der Waals surface area contributed by atoms with Gasteiger partial charge in [0.2, 0.25) is 0 Å². The Kier molecular flexibility index (Phi) is 12.2.